The van der Waals surface area contributed by atoms with E-state index < -0.39 is 18.1 Å². The first-order valence-corrected chi connectivity index (χ1v) is 4.10. The summed E-state index contributed by atoms with van der Waals surface area (Å²) in [6.07, 6.45) is -1.71. The van der Waals surface area contributed by atoms with Crippen LogP contribution in [0.25, 0.3) is 0 Å². The second kappa shape index (κ2) is 4.20. The molecule has 0 aliphatic carbocycles. The lowest BCUT2D eigenvalue weighted by Gasteiger charge is -2.09. The molecule has 0 unspecified atom stereocenters. The molecular weight excluding hydrogens is 206 g/mol. The van der Waals surface area contributed by atoms with Crippen molar-refractivity contribution in [2.24, 2.45) is 0 Å². The Bertz CT molecular complexity index is 394. The van der Waals surface area contributed by atoms with E-state index in [0.717, 1.165) is 6.20 Å². The summed E-state index contributed by atoms with van der Waals surface area (Å²) in [6.45, 7) is 1.47. The fourth-order valence-corrected chi connectivity index (χ4v) is 1.13. The van der Waals surface area contributed by atoms with Crippen LogP contribution in [0.5, 0.6) is 0 Å². The highest BCUT2D eigenvalue weighted by molar-refractivity contribution is 5.92. The summed E-state index contributed by atoms with van der Waals surface area (Å²) in [5.41, 5.74) is 5.09. The van der Waals surface area contributed by atoms with Gasteiger partial charge in [0.05, 0.1) is 18.4 Å². The maximum atomic E-state index is 12.4. The van der Waals surface area contributed by atoms with Crippen LogP contribution < -0.4 is 5.73 Å². The fraction of sp³-hybridized carbons (Fsp3) is 0.333. The van der Waals surface area contributed by atoms with Crippen molar-refractivity contribution in [3.05, 3.63) is 23.0 Å². The van der Waals surface area contributed by atoms with Crippen LogP contribution in [0.1, 0.15) is 28.0 Å². The Morgan fingerprint density at radius 2 is 2.20 bits per heavy atom. The van der Waals surface area contributed by atoms with E-state index in [-0.39, 0.29) is 16.8 Å². The second-order valence-corrected chi connectivity index (χ2v) is 2.89. The molecule has 6 heteroatoms. The third-order valence-corrected chi connectivity index (χ3v) is 2.03. The number of nitrogens with two attached hydrogens (primary N) is 1. The molecule has 2 N–H and O–H groups in total. The number of aromatic nitrogens is 1. The number of rotatable bonds is 2. The molecule has 0 fully saturated rings. The van der Waals surface area contributed by atoms with Crippen molar-refractivity contribution in [3.63, 3.8) is 0 Å². The summed E-state index contributed by atoms with van der Waals surface area (Å²) in [6, 6.07) is 0. The maximum Gasteiger partial charge on any atom is 0.339 e. The van der Waals surface area contributed by atoms with Gasteiger partial charge < -0.3 is 10.5 Å². The summed E-state index contributed by atoms with van der Waals surface area (Å²) in [4.78, 5) is 14.6. The Hall–Kier alpha value is -1.72. The molecule has 15 heavy (non-hydrogen) atoms. The minimum Gasteiger partial charge on any atom is -0.465 e. The highest BCUT2D eigenvalue weighted by Gasteiger charge is 2.19. The van der Waals surface area contributed by atoms with Gasteiger partial charge in [-0.1, -0.05) is 0 Å². The average molecular weight is 216 g/mol. The van der Waals surface area contributed by atoms with Crippen molar-refractivity contribution in [1.29, 1.82) is 0 Å². The molecule has 0 saturated heterocycles. The third kappa shape index (κ3) is 2.03. The van der Waals surface area contributed by atoms with Crippen molar-refractivity contribution in [3.8, 4) is 0 Å². The molecule has 82 valence electrons. The zero-order valence-electron chi connectivity index (χ0n) is 8.25. The first-order valence-electron chi connectivity index (χ1n) is 4.10. The van der Waals surface area contributed by atoms with Crippen LogP contribution in [-0.4, -0.2) is 18.1 Å². The third-order valence-electron chi connectivity index (χ3n) is 2.03. The Kier molecular flexibility index (Phi) is 3.18. The number of pyridine rings is 1. The van der Waals surface area contributed by atoms with Crippen molar-refractivity contribution in [2.75, 3.05) is 12.8 Å². The van der Waals surface area contributed by atoms with Crippen LogP contribution in [0.15, 0.2) is 6.20 Å². The first kappa shape index (κ1) is 11.4. The largest absolute Gasteiger partial charge is 0.465 e. The van der Waals surface area contributed by atoms with Crippen LogP contribution in [0.3, 0.4) is 0 Å². The number of halogens is 2. The van der Waals surface area contributed by atoms with Gasteiger partial charge in [0.1, 0.15) is 5.69 Å². The molecule has 0 atom stereocenters. The monoisotopic (exact) mass is 216 g/mol. The lowest BCUT2D eigenvalue weighted by Crippen LogP contribution is -2.10. The zero-order valence-corrected chi connectivity index (χ0v) is 8.25. The van der Waals surface area contributed by atoms with Crippen molar-refractivity contribution in [1.82, 2.24) is 4.98 Å². The molecule has 1 rings (SSSR count). The SMILES string of the molecule is COC(=O)c1cnc(C(F)F)c(N)c1C. The van der Waals surface area contributed by atoms with Crippen LogP contribution in [0.4, 0.5) is 14.5 Å². The first-order chi connectivity index (χ1) is 6.99. The van der Waals surface area contributed by atoms with Gasteiger partial charge in [-0.3, -0.25) is 4.98 Å². The van der Waals surface area contributed by atoms with Crippen molar-refractivity contribution < 1.29 is 18.3 Å². The molecule has 0 aliphatic heterocycles. The van der Waals surface area contributed by atoms with Crippen LogP contribution in [0, 0.1) is 6.92 Å². The molecule has 0 saturated carbocycles. The van der Waals surface area contributed by atoms with E-state index in [1.807, 2.05) is 0 Å². The lowest BCUT2D eigenvalue weighted by atomic mass is 10.1. The fourth-order valence-electron chi connectivity index (χ4n) is 1.13. The molecule has 0 bridgehead atoms. The van der Waals surface area contributed by atoms with E-state index >= 15 is 0 Å². The van der Waals surface area contributed by atoms with Crippen LogP contribution in [-0.2, 0) is 4.74 Å². The summed E-state index contributed by atoms with van der Waals surface area (Å²) in [5, 5.41) is 0. The standard InChI is InChI=1S/C9H10F2N2O2/c1-4-5(9(14)15-2)3-13-7(6(4)12)8(10)11/h3,8H,12H2,1-2H3. The molecule has 0 amide bonds. The normalized spacial score (nSPS) is 10.5. The average Bonchev–Trinajstić information content (AvgIpc) is 2.20. The van der Waals surface area contributed by atoms with E-state index in [9.17, 15) is 13.6 Å². The molecule has 1 aromatic heterocycles. The predicted molar refractivity (Wildman–Crippen MR) is 49.7 cm³/mol. The highest BCUT2D eigenvalue weighted by atomic mass is 19.3. The number of ether oxygens (including phenoxy) is 1. The molecule has 0 radical (unpaired) electrons. The molecular formula is C9H10F2N2O2. The van der Waals surface area contributed by atoms with Gasteiger partial charge >= 0.3 is 5.97 Å². The number of methoxy groups -OCH3 is 1. The number of esters is 1. The summed E-state index contributed by atoms with van der Waals surface area (Å²) < 4.78 is 29.2. The molecule has 0 aromatic carbocycles. The van der Waals surface area contributed by atoms with Gasteiger partial charge in [0.15, 0.2) is 0 Å². The quantitative estimate of drug-likeness (QED) is 0.764. The van der Waals surface area contributed by atoms with Crippen LogP contribution >= 0.6 is 0 Å². The molecule has 1 heterocycles. The Labute approximate surface area is 85.1 Å². The summed E-state index contributed by atoms with van der Waals surface area (Å²) in [7, 11) is 1.19. The number of nitrogen functional groups attached to an aromatic ring is 1. The van der Waals surface area contributed by atoms with Gasteiger partial charge in [0.2, 0.25) is 0 Å². The van der Waals surface area contributed by atoms with Gasteiger partial charge in [-0.15, -0.1) is 0 Å². The van der Waals surface area contributed by atoms with E-state index in [1.54, 1.807) is 0 Å². The van der Waals surface area contributed by atoms with Crippen molar-refractivity contribution in [2.45, 2.75) is 13.3 Å². The summed E-state index contributed by atoms with van der Waals surface area (Å²) >= 11 is 0. The van der Waals surface area contributed by atoms with E-state index in [4.69, 9.17) is 5.73 Å². The number of carbonyl (C=O) groups excluding carboxylic acids is 1. The molecule has 1 aromatic rings. The second-order valence-electron chi connectivity index (χ2n) is 2.89. The van der Waals surface area contributed by atoms with Gasteiger partial charge in [0, 0.05) is 6.20 Å². The summed E-state index contributed by atoms with van der Waals surface area (Å²) in [5.74, 6) is -0.646. The smallest absolute Gasteiger partial charge is 0.339 e. The lowest BCUT2D eigenvalue weighted by molar-refractivity contribution is 0.0599. The number of nitrogens with zero attached hydrogens (tertiary/aromatic N) is 1. The highest BCUT2D eigenvalue weighted by Crippen LogP contribution is 2.27. The van der Waals surface area contributed by atoms with Crippen LogP contribution in [0.2, 0.25) is 0 Å². The Morgan fingerprint density at radius 3 is 2.67 bits per heavy atom. The topological polar surface area (TPSA) is 65.2 Å². The van der Waals surface area contributed by atoms with Gasteiger partial charge in [0.25, 0.3) is 6.43 Å². The molecule has 0 spiro atoms. The number of hydrogen-bond acceptors (Lipinski definition) is 4. The zero-order chi connectivity index (χ0) is 11.6. The molecule has 4 nitrogen and oxygen atoms in total. The number of alkyl halides is 2. The maximum absolute atomic E-state index is 12.4. The van der Waals surface area contributed by atoms with E-state index in [0.29, 0.717) is 0 Å². The van der Waals surface area contributed by atoms with E-state index in [1.165, 1.54) is 14.0 Å². The minimum atomic E-state index is -2.75. The Balaban J connectivity index is 3.27. The molecule has 0 aliphatic rings. The van der Waals surface area contributed by atoms with Crippen molar-refractivity contribution >= 4 is 11.7 Å². The predicted octanol–water partition coefficient (Wildman–Crippen LogP) is 1.70. The van der Waals surface area contributed by atoms with Gasteiger partial charge in [-0.2, -0.15) is 0 Å². The van der Waals surface area contributed by atoms with Gasteiger partial charge in [-0.05, 0) is 12.5 Å². The Morgan fingerprint density at radius 1 is 1.60 bits per heavy atom. The number of anilines is 1. The van der Waals surface area contributed by atoms with Gasteiger partial charge in [-0.25, -0.2) is 13.6 Å². The number of carbonyl (C=O) groups is 1. The minimum absolute atomic E-state index is 0.0967. The van der Waals surface area contributed by atoms with E-state index in [2.05, 4.69) is 9.72 Å². The number of hydrogen-bond donors (Lipinski definition) is 1.